The number of carbonyl (C=O) groups excluding carboxylic acids is 1. The summed E-state index contributed by atoms with van der Waals surface area (Å²) in [6.07, 6.45) is 0.573. The summed E-state index contributed by atoms with van der Waals surface area (Å²) in [5, 5.41) is 3.08. The van der Waals surface area contributed by atoms with Gasteiger partial charge in [0.1, 0.15) is 17.9 Å². The number of sulfonamides is 1. The van der Waals surface area contributed by atoms with Crippen LogP contribution in [0.15, 0.2) is 71.6 Å². The minimum Gasteiger partial charge on any atom is -0.487 e. The van der Waals surface area contributed by atoms with E-state index >= 15 is 0 Å². The maximum Gasteiger partial charge on any atom is 0.264 e. The van der Waals surface area contributed by atoms with E-state index in [4.69, 9.17) is 4.74 Å². The van der Waals surface area contributed by atoms with Gasteiger partial charge in [-0.3, -0.25) is 9.10 Å². The van der Waals surface area contributed by atoms with Crippen LogP contribution in [0.4, 0.5) is 5.69 Å². The van der Waals surface area contributed by atoms with Crippen LogP contribution in [0.1, 0.15) is 48.6 Å². The molecule has 184 valence electrons. The minimum absolute atomic E-state index is 0.140. The van der Waals surface area contributed by atoms with E-state index in [1.165, 1.54) is 4.31 Å². The summed E-state index contributed by atoms with van der Waals surface area (Å²) in [5.41, 5.74) is 3.67. The Hall–Kier alpha value is -3.32. The summed E-state index contributed by atoms with van der Waals surface area (Å²) in [5.74, 6) is 0.370. The van der Waals surface area contributed by atoms with Crippen LogP contribution >= 0.6 is 0 Å². The zero-order valence-electron chi connectivity index (χ0n) is 20.8. The van der Waals surface area contributed by atoms with Gasteiger partial charge < -0.3 is 10.1 Å². The van der Waals surface area contributed by atoms with Gasteiger partial charge >= 0.3 is 0 Å². The molecule has 1 unspecified atom stereocenters. The number of benzene rings is 3. The van der Waals surface area contributed by atoms with Gasteiger partial charge in [-0.15, -0.1) is 0 Å². The van der Waals surface area contributed by atoms with Crippen LogP contribution in [-0.4, -0.2) is 26.5 Å². The molecule has 1 aliphatic heterocycles. The summed E-state index contributed by atoms with van der Waals surface area (Å²) in [7, 11) is -3.97. The van der Waals surface area contributed by atoms with E-state index in [0.29, 0.717) is 12.1 Å². The molecule has 35 heavy (non-hydrogen) atoms. The fourth-order valence-corrected chi connectivity index (χ4v) is 5.96. The monoisotopic (exact) mass is 492 g/mol. The van der Waals surface area contributed by atoms with Crippen molar-refractivity contribution >= 4 is 21.6 Å². The van der Waals surface area contributed by atoms with E-state index < -0.39 is 15.6 Å². The number of hydrogen-bond donors (Lipinski definition) is 1. The van der Waals surface area contributed by atoms with E-state index in [-0.39, 0.29) is 23.4 Å². The molecule has 1 heterocycles. The summed E-state index contributed by atoms with van der Waals surface area (Å²) in [4.78, 5) is 13.5. The first kappa shape index (κ1) is 24.8. The number of carbonyl (C=O) groups is 1. The Kier molecular flexibility index (Phi) is 6.64. The average Bonchev–Trinajstić information content (AvgIpc) is 2.78. The number of aryl methyl sites for hydroxylation is 3. The number of nitrogens with zero attached hydrogens (tertiary/aromatic N) is 1. The molecular formula is C28H32N2O4S. The average molecular weight is 493 g/mol. The van der Waals surface area contributed by atoms with Crippen molar-refractivity contribution in [2.75, 3.05) is 10.8 Å². The smallest absolute Gasteiger partial charge is 0.264 e. The Morgan fingerprint density at radius 2 is 1.66 bits per heavy atom. The van der Waals surface area contributed by atoms with E-state index in [1.54, 1.807) is 36.4 Å². The number of amides is 1. The zero-order chi connectivity index (χ0) is 25.4. The molecule has 0 fully saturated rings. The highest BCUT2D eigenvalue weighted by atomic mass is 32.2. The molecular weight excluding hydrogens is 460 g/mol. The van der Waals surface area contributed by atoms with Gasteiger partial charge in [-0.25, -0.2) is 8.42 Å². The van der Waals surface area contributed by atoms with Crippen molar-refractivity contribution < 1.29 is 17.9 Å². The van der Waals surface area contributed by atoms with Crippen LogP contribution in [0, 0.1) is 20.8 Å². The molecule has 0 spiro atoms. The molecule has 4 rings (SSSR count). The fraction of sp³-hybridized carbons (Fsp3) is 0.321. The van der Waals surface area contributed by atoms with Crippen LogP contribution in [0.5, 0.6) is 5.75 Å². The highest BCUT2D eigenvalue weighted by molar-refractivity contribution is 7.92. The van der Waals surface area contributed by atoms with Crippen molar-refractivity contribution in [3.63, 3.8) is 0 Å². The van der Waals surface area contributed by atoms with Gasteiger partial charge in [-0.1, -0.05) is 42.5 Å². The molecule has 0 bridgehead atoms. The highest BCUT2D eigenvalue weighted by Gasteiger charge is 2.36. The molecule has 0 aromatic heterocycles. The van der Waals surface area contributed by atoms with Gasteiger partial charge in [0.2, 0.25) is 5.91 Å². The summed E-state index contributed by atoms with van der Waals surface area (Å²) in [6.45, 7) is 9.38. The molecule has 0 aliphatic carbocycles. The van der Waals surface area contributed by atoms with Crippen molar-refractivity contribution in [2.24, 2.45) is 0 Å². The van der Waals surface area contributed by atoms with Crippen LogP contribution in [0.25, 0.3) is 0 Å². The molecule has 7 heteroatoms. The lowest BCUT2D eigenvalue weighted by atomic mass is 9.89. The van der Waals surface area contributed by atoms with Crippen LogP contribution in [0.2, 0.25) is 0 Å². The number of hydrogen-bond acceptors (Lipinski definition) is 4. The van der Waals surface area contributed by atoms with Crippen LogP contribution in [0.3, 0.4) is 0 Å². The predicted octanol–water partition coefficient (Wildman–Crippen LogP) is 5.23. The maximum absolute atomic E-state index is 13.7. The Morgan fingerprint density at radius 1 is 1.00 bits per heavy atom. The first-order chi connectivity index (χ1) is 16.5. The van der Waals surface area contributed by atoms with Crippen LogP contribution in [-0.2, 0) is 14.8 Å². The van der Waals surface area contributed by atoms with Crippen LogP contribution < -0.4 is 14.4 Å². The number of rotatable bonds is 6. The van der Waals surface area contributed by atoms with Gasteiger partial charge in [-0.2, -0.15) is 0 Å². The Labute approximate surface area is 208 Å². The normalized spacial score (nSPS) is 16.7. The fourth-order valence-electron chi connectivity index (χ4n) is 4.47. The highest BCUT2D eigenvalue weighted by Crippen LogP contribution is 2.40. The second-order valence-corrected chi connectivity index (χ2v) is 11.7. The molecule has 3 aromatic carbocycles. The van der Waals surface area contributed by atoms with E-state index in [9.17, 15) is 13.2 Å². The van der Waals surface area contributed by atoms with Gasteiger partial charge in [-0.05, 0) is 75.6 Å². The van der Waals surface area contributed by atoms with Gasteiger partial charge in [0.15, 0.2) is 0 Å². The summed E-state index contributed by atoms with van der Waals surface area (Å²) >= 11 is 0. The number of anilines is 1. The molecule has 1 aliphatic rings. The molecule has 0 radical (unpaired) electrons. The Balaban J connectivity index is 1.68. The molecule has 3 aromatic rings. The lowest BCUT2D eigenvalue weighted by Gasteiger charge is -2.38. The Bertz CT molecular complexity index is 1350. The van der Waals surface area contributed by atoms with E-state index in [2.05, 4.69) is 5.32 Å². The van der Waals surface area contributed by atoms with Crippen molar-refractivity contribution in [1.82, 2.24) is 5.32 Å². The topological polar surface area (TPSA) is 75.7 Å². The van der Waals surface area contributed by atoms with Gasteiger partial charge in [0, 0.05) is 12.0 Å². The first-order valence-electron chi connectivity index (χ1n) is 11.7. The Morgan fingerprint density at radius 3 is 2.37 bits per heavy atom. The van der Waals surface area contributed by atoms with Crippen molar-refractivity contribution in [1.29, 1.82) is 0 Å². The largest absolute Gasteiger partial charge is 0.487 e. The molecule has 0 saturated carbocycles. The third-order valence-corrected chi connectivity index (χ3v) is 7.99. The third-order valence-electron chi connectivity index (χ3n) is 6.21. The summed E-state index contributed by atoms with van der Waals surface area (Å²) in [6, 6.07) is 19.4. The minimum atomic E-state index is -3.97. The molecule has 6 nitrogen and oxygen atoms in total. The number of nitrogens with one attached hydrogen (secondary N) is 1. The lowest BCUT2D eigenvalue weighted by Crippen LogP contribution is -2.45. The lowest BCUT2D eigenvalue weighted by molar-refractivity contribution is -0.120. The third kappa shape index (κ3) is 5.35. The molecule has 1 amide bonds. The number of fused-ring (bicyclic) bond motifs is 1. The summed E-state index contributed by atoms with van der Waals surface area (Å²) < 4.78 is 34.7. The standard InChI is InChI=1S/C28H32N2O4S/c1-19-11-13-21(3)25(15-19)30(35(32,33)22-9-7-6-8-10-22)18-27(31)29-24-17-28(4,5)34-26-16-20(2)12-14-23(24)26/h6-16,24H,17-18H2,1-5H3,(H,29,31). The molecule has 0 saturated heterocycles. The van der Waals surface area contributed by atoms with Crippen molar-refractivity contribution in [2.45, 2.75) is 57.6 Å². The second kappa shape index (κ2) is 9.38. The van der Waals surface area contributed by atoms with Gasteiger partial charge in [0.25, 0.3) is 10.0 Å². The van der Waals surface area contributed by atoms with Gasteiger partial charge in [0.05, 0.1) is 16.6 Å². The van der Waals surface area contributed by atoms with E-state index in [0.717, 1.165) is 28.0 Å². The maximum atomic E-state index is 13.7. The number of ether oxygens (including phenoxy) is 1. The first-order valence-corrected chi connectivity index (χ1v) is 13.1. The van der Waals surface area contributed by atoms with Crippen molar-refractivity contribution in [3.8, 4) is 5.75 Å². The van der Waals surface area contributed by atoms with Crippen molar-refractivity contribution in [3.05, 3.63) is 89.0 Å². The SMILES string of the molecule is Cc1ccc2c(c1)OC(C)(C)CC2NC(=O)CN(c1cc(C)ccc1C)S(=O)(=O)c1ccccc1. The molecule has 1 N–H and O–H groups in total. The second-order valence-electron chi connectivity index (χ2n) is 9.84. The zero-order valence-corrected chi connectivity index (χ0v) is 21.6. The predicted molar refractivity (Wildman–Crippen MR) is 138 cm³/mol. The quantitative estimate of drug-likeness (QED) is 0.512. The molecule has 1 atom stereocenters. The van der Waals surface area contributed by atoms with E-state index in [1.807, 2.05) is 65.0 Å².